The molecule has 0 aliphatic heterocycles. The van der Waals surface area contributed by atoms with E-state index in [2.05, 4.69) is 72.8 Å². The third-order valence-corrected chi connectivity index (χ3v) is 10.8. The zero-order valence-corrected chi connectivity index (χ0v) is 29.8. The molecule has 53 heavy (non-hydrogen) atoms. The Bertz CT molecular complexity index is 2840. The molecule has 0 aromatic heterocycles. The highest BCUT2D eigenvalue weighted by atomic mass is 35.5. The molecule has 0 saturated heterocycles. The first-order valence-electron chi connectivity index (χ1n) is 17.1. The molecule has 0 amide bonds. The van der Waals surface area contributed by atoms with E-state index in [9.17, 15) is 14.7 Å². The maximum absolute atomic E-state index is 12.2. The van der Waals surface area contributed by atoms with Crippen LogP contribution >= 0.6 is 23.2 Å². The first kappa shape index (κ1) is 32.7. The lowest BCUT2D eigenvalue weighted by Gasteiger charge is -2.12. The van der Waals surface area contributed by atoms with Gasteiger partial charge in [-0.15, -0.1) is 0 Å². The van der Waals surface area contributed by atoms with E-state index in [1.54, 1.807) is 18.2 Å². The molecule has 0 fully saturated rings. The fourth-order valence-electron chi connectivity index (χ4n) is 7.99. The highest BCUT2D eigenvalue weighted by molar-refractivity contribution is 6.37. The van der Waals surface area contributed by atoms with Crippen LogP contribution in [0.5, 0.6) is 0 Å². The van der Waals surface area contributed by atoms with Crippen molar-refractivity contribution in [3.8, 4) is 66.8 Å². The van der Waals surface area contributed by atoms with Gasteiger partial charge in [0.2, 0.25) is 0 Å². The summed E-state index contributed by atoms with van der Waals surface area (Å²) in [6.45, 7) is 0. The van der Waals surface area contributed by atoms with Gasteiger partial charge in [0.05, 0.1) is 18.2 Å². The van der Waals surface area contributed by atoms with E-state index in [0.29, 0.717) is 21.2 Å². The molecule has 2 aliphatic carbocycles. The number of carboxylic acids is 1. The molecule has 10 rings (SSSR count). The van der Waals surface area contributed by atoms with E-state index < -0.39 is 5.97 Å². The predicted octanol–water partition coefficient (Wildman–Crippen LogP) is 13.1. The van der Waals surface area contributed by atoms with E-state index in [0.717, 1.165) is 55.6 Å². The zero-order chi connectivity index (χ0) is 36.4. The Labute approximate surface area is 315 Å². The summed E-state index contributed by atoms with van der Waals surface area (Å²) in [7, 11) is 1.39. The number of esters is 1. The summed E-state index contributed by atoms with van der Waals surface area (Å²) in [5, 5.41) is 15.7. The summed E-state index contributed by atoms with van der Waals surface area (Å²) in [4.78, 5) is 23.8. The molecule has 0 heterocycles. The van der Waals surface area contributed by atoms with E-state index in [4.69, 9.17) is 27.9 Å². The van der Waals surface area contributed by atoms with Crippen LogP contribution in [0.3, 0.4) is 0 Å². The number of carboxylic acid groups (broad SMARTS) is 1. The Hall–Kier alpha value is -6.20. The van der Waals surface area contributed by atoms with Crippen molar-refractivity contribution >= 4 is 56.7 Å². The molecule has 0 unspecified atom stereocenters. The van der Waals surface area contributed by atoms with E-state index in [1.165, 1.54) is 34.2 Å². The maximum atomic E-state index is 12.2. The SMILES string of the molecule is COC(=O)c1ccccc1-c1cc(Cl)c2c(c1)-c1cccc3cccc-2c13.O=C(O)c1ccccc1-c1cc(Cl)c2c(c1)-c1cccc3cccc-2c13. The summed E-state index contributed by atoms with van der Waals surface area (Å²) in [5.74, 6) is -1.30. The van der Waals surface area contributed by atoms with Gasteiger partial charge in [0.1, 0.15) is 0 Å². The van der Waals surface area contributed by atoms with E-state index >= 15 is 0 Å². The first-order valence-corrected chi connectivity index (χ1v) is 17.8. The summed E-state index contributed by atoms with van der Waals surface area (Å²) in [5.41, 5.74) is 12.9. The van der Waals surface area contributed by atoms with Crippen LogP contribution in [-0.2, 0) is 4.74 Å². The van der Waals surface area contributed by atoms with Gasteiger partial charge in [-0.2, -0.15) is 0 Å². The van der Waals surface area contributed by atoms with Crippen molar-refractivity contribution in [3.63, 3.8) is 0 Å². The van der Waals surface area contributed by atoms with Gasteiger partial charge < -0.3 is 9.84 Å². The quantitative estimate of drug-likeness (QED) is 0.183. The number of fused-ring (bicyclic) bond motifs is 6. The Morgan fingerprint density at radius 3 is 1.32 bits per heavy atom. The molecule has 254 valence electrons. The molecule has 0 bridgehead atoms. The third-order valence-electron chi connectivity index (χ3n) is 10.2. The summed E-state index contributed by atoms with van der Waals surface area (Å²) in [6.07, 6.45) is 0. The minimum Gasteiger partial charge on any atom is -0.478 e. The normalized spacial score (nSPS) is 11.5. The van der Waals surface area contributed by atoms with Gasteiger partial charge in [-0.05, 0) is 114 Å². The highest BCUT2D eigenvalue weighted by Gasteiger charge is 2.27. The number of carbonyl (C=O) groups excluding carboxylic acids is 1. The lowest BCUT2D eigenvalue weighted by molar-refractivity contribution is 0.0600. The molecule has 1 N–H and O–H groups in total. The van der Waals surface area contributed by atoms with Crippen molar-refractivity contribution in [2.24, 2.45) is 0 Å². The van der Waals surface area contributed by atoms with Crippen LogP contribution in [0.1, 0.15) is 20.7 Å². The second-order valence-electron chi connectivity index (χ2n) is 13.1. The van der Waals surface area contributed by atoms with Crippen LogP contribution in [0.15, 0.2) is 146 Å². The molecule has 0 saturated carbocycles. The van der Waals surface area contributed by atoms with Crippen LogP contribution in [0, 0.1) is 0 Å². The monoisotopic (exact) mass is 726 g/mol. The smallest absolute Gasteiger partial charge is 0.338 e. The third kappa shape index (κ3) is 5.22. The Morgan fingerprint density at radius 1 is 0.472 bits per heavy atom. The lowest BCUT2D eigenvalue weighted by Crippen LogP contribution is -2.03. The summed E-state index contributed by atoms with van der Waals surface area (Å²) < 4.78 is 4.95. The topological polar surface area (TPSA) is 63.6 Å². The number of methoxy groups -OCH3 is 1. The number of hydrogen-bond donors (Lipinski definition) is 1. The summed E-state index contributed by atoms with van der Waals surface area (Å²) in [6, 6.07) is 47.5. The van der Waals surface area contributed by atoms with Gasteiger partial charge in [0, 0.05) is 21.2 Å². The number of hydrogen-bond acceptors (Lipinski definition) is 3. The minimum absolute atomic E-state index is 0.275. The van der Waals surface area contributed by atoms with Crippen LogP contribution in [0.4, 0.5) is 0 Å². The van der Waals surface area contributed by atoms with E-state index in [-0.39, 0.29) is 11.5 Å². The largest absolute Gasteiger partial charge is 0.478 e. The highest BCUT2D eigenvalue weighted by Crippen LogP contribution is 2.53. The molecule has 6 heteroatoms. The Kier molecular flexibility index (Phi) is 7.88. The fourth-order valence-corrected chi connectivity index (χ4v) is 8.63. The van der Waals surface area contributed by atoms with Gasteiger partial charge in [0.25, 0.3) is 0 Å². The molecule has 0 atom stereocenters. The molecule has 0 spiro atoms. The van der Waals surface area contributed by atoms with Gasteiger partial charge in [-0.25, -0.2) is 9.59 Å². The number of aromatic carboxylic acids is 1. The van der Waals surface area contributed by atoms with Crippen molar-refractivity contribution in [2.45, 2.75) is 0 Å². The van der Waals surface area contributed by atoms with Crippen LogP contribution in [0.2, 0.25) is 10.0 Å². The van der Waals surface area contributed by atoms with Crippen molar-refractivity contribution in [2.75, 3.05) is 7.11 Å². The van der Waals surface area contributed by atoms with Crippen LogP contribution in [0.25, 0.3) is 88.3 Å². The second-order valence-corrected chi connectivity index (χ2v) is 13.9. The van der Waals surface area contributed by atoms with Gasteiger partial charge in [-0.3, -0.25) is 0 Å². The van der Waals surface area contributed by atoms with Gasteiger partial charge >= 0.3 is 11.9 Å². The molecule has 2 aliphatic rings. The van der Waals surface area contributed by atoms with Crippen molar-refractivity contribution < 1.29 is 19.4 Å². The minimum atomic E-state index is -0.942. The Balaban J connectivity index is 0.000000141. The van der Waals surface area contributed by atoms with Crippen LogP contribution in [-0.4, -0.2) is 24.2 Å². The molecule has 4 nitrogen and oxygen atoms in total. The van der Waals surface area contributed by atoms with Gasteiger partial charge in [-0.1, -0.05) is 132 Å². The average molecular weight is 728 g/mol. The van der Waals surface area contributed by atoms with E-state index in [1.807, 2.05) is 54.6 Å². The molecule has 0 radical (unpaired) electrons. The van der Waals surface area contributed by atoms with Crippen molar-refractivity contribution in [1.29, 1.82) is 0 Å². The number of ether oxygens (including phenoxy) is 1. The molecular formula is C47H28Cl2O4. The molecular weight excluding hydrogens is 699 g/mol. The molecule has 8 aromatic carbocycles. The number of halogens is 2. The number of rotatable bonds is 4. The first-order chi connectivity index (χ1) is 25.8. The maximum Gasteiger partial charge on any atom is 0.338 e. The zero-order valence-electron chi connectivity index (χ0n) is 28.3. The van der Waals surface area contributed by atoms with Gasteiger partial charge in [0.15, 0.2) is 0 Å². The van der Waals surface area contributed by atoms with Crippen molar-refractivity contribution in [3.05, 3.63) is 167 Å². The summed E-state index contributed by atoms with van der Waals surface area (Å²) >= 11 is 13.4. The second kappa shape index (κ2) is 12.8. The van der Waals surface area contributed by atoms with Crippen LogP contribution < -0.4 is 0 Å². The Morgan fingerprint density at radius 2 is 0.868 bits per heavy atom. The average Bonchev–Trinajstić information content (AvgIpc) is 3.70. The predicted molar refractivity (Wildman–Crippen MR) is 216 cm³/mol. The molecule has 8 aromatic rings. The lowest BCUT2D eigenvalue weighted by atomic mass is 9.94. The van der Waals surface area contributed by atoms with Crippen molar-refractivity contribution in [1.82, 2.24) is 0 Å². The number of benzene rings is 8. The number of carbonyl (C=O) groups is 2. The standard InChI is InChI=1S/C24H15ClO2.C23H13ClO2/c1-27-24(26)18-9-3-2-8-16(18)15-12-20-17-10-4-6-14-7-5-11-19(22(14)17)23(20)21(25)13-15;24-20-12-14(15-7-1-2-8-17(15)23(25)26)11-19-16-9-3-5-13-6-4-10-18(21(13)16)22(19)20/h2-13H,1H3;1-12H,(H,25,26). The fraction of sp³-hybridized carbons (Fsp3) is 0.0213.